The van der Waals surface area contributed by atoms with Crippen LogP contribution in [0.5, 0.6) is 0 Å². The Morgan fingerprint density at radius 2 is 1.88 bits per heavy atom. The third-order valence-corrected chi connectivity index (χ3v) is 7.13. The van der Waals surface area contributed by atoms with Crippen molar-refractivity contribution in [3.8, 4) is 21.0 Å². The summed E-state index contributed by atoms with van der Waals surface area (Å²) in [7, 11) is 0. The van der Waals surface area contributed by atoms with Gasteiger partial charge in [0.05, 0.1) is 10.6 Å². The maximum atomic E-state index is 6.12. The summed E-state index contributed by atoms with van der Waals surface area (Å²) in [5, 5.41) is 1.15. The van der Waals surface area contributed by atoms with Gasteiger partial charge in [-0.05, 0) is 61.6 Å². The third-order valence-electron chi connectivity index (χ3n) is 5.95. The lowest BCUT2D eigenvalue weighted by Crippen LogP contribution is -2.14. The van der Waals surface area contributed by atoms with Crippen LogP contribution >= 0.6 is 11.3 Å². The monoisotopic (exact) mass is 360 g/mol. The summed E-state index contributed by atoms with van der Waals surface area (Å²) in [5.74, 6) is 0.654. The van der Waals surface area contributed by atoms with Gasteiger partial charge in [0.25, 0.3) is 0 Å². The minimum absolute atomic E-state index is 0.390. The van der Waals surface area contributed by atoms with Gasteiger partial charge in [-0.1, -0.05) is 48.0 Å². The highest BCUT2D eigenvalue weighted by Gasteiger charge is 2.26. The minimum Gasteiger partial charge on any atom is -0.328 e. The summed E-state index contributed by atoms with van der Waals surface area (Å²) in [6, 6.07) is 16.2. The molecule has 2 N–H and O–H groups in total. The van der Waals surface area contributed by atoms with Crippen molar-refractivity contribution < 1.29 is 0 Å². The number of hydrogen-bond acceptors (Lipinski definition) is 3. The molecule has 2 aliphatic carbocycles. The van der Waals surface area contributed by atoms with E-state index in [1.165, 1.54) is 51.2 Å². The van der Waals surface area contributed by atoms with Crippen molar-refractivity contribution >= 4 is 11.3 Å². The van der Waals surface area contributed by atoms with Crippen LogP contribution in [0.15, 0.2) is 42.5 Å². The highest BCUT2D eigenvalue weighted by Crippen LogP contribution is 2.43. The van der Waals surface area contributed by atoms with Crippen LogP contribution < -0.4 is 5.73 Å². The fourth-order valence-electron chi connectivity index (χ4n) is 4.42. The second kappa shape index (κ2) is 6.33. The Kier molecular flexibility index (Phi) is 3.95. The number of nitrogens with zero attached hydrogens (tertiary/aromatic N) is 1. The normalized spacial score (nSPS) is 21.5. The van der Waals surface area contributed by atoms with E-state index < -0.39 is 0 Å². The molecule has 5 rings (SSSR count). The van der Waals surface area contributed by atoms with Gasteiger partial charge in [0.2, 0.25) is 0 Å². The van der Waals surface area contributed by atoms with E-state index in [9.17, 15) is 0 Å². The molecular formula is C23H24N2S. The van der Waals surface area contributed by atoms with Gasteiger partial charge in [-0.15, -0.1) is 11.3 Å². The predicted octanol–water partition coefficient (Wildman–Crippen LogP) is 5.48. The molecule has 1 fully saturated rings. The quantitative estimate of drug-likeness (QED) is 0.657. The fraction of sp³-hybridized carbons (Fsp3) is 0.348. The maximum absolute atomic E-state index is 6.12. The molecule has 2 atom stereocenters. The molecule has 2 aromatic carbocycles. The van der Waals surface area contributed by atoms with Crippen molar-refractivity contribution in [2.45, 2.75) is 51.0 Å². The van der Waals surface area contributed by atoms with E-state index in [4.69, 9.17) is 10.7 Å². The van der Waals surface area contributed by atoms with Crippen LogP contribution in [0.4, 0.5) is 0 Å². The first-order chi connectivity index (χ1) is 12.7. The van der Waals surface area contributed by atoms with Gasteiger partial charge in [-0.25, -0.2) is 4.98 Å². The lowest BCUT2D eigenvalue weighted by Gasteiger charge is -2.18. The topological polar surface area (TPSA) is 38.9 Å². The van der Waals surface area contributed by atoms with E-state index in [1.54, 1.807) is 0 Å². The van der Waals surface area contributed by atoms with E-state index in [0.717, 1.165) is 24.3 Å². The van der Waals surface area contributed by atoms with E-state index in [-0.39, 0.29) is 0 Å². The smallest absolute Gasteiger partial charge is 0.124 e. The molecule has 0 saturated heterocycles. The number of hydrogen-bond donors (Lipinski definition) is 1. The number of fused-ring (bicyclic) bond motifs is 3. The van der Waals surface area contributed by atoms with E-state index in [0.29, 0.717) is 12.0 Å². The number of aromatic nitrogens is 1. The lowest BCUT2D eigenvalue weighted by atomic mass is 9.88. The molecule has 3 aromatic rings. The van der Waals surface area contributed by atoms with E-state index in [2.05, 4.69) is 49.4 Å². The number of rotatable bonds is 2. The molecule has 0 bridgehead atoms. The SMILES string of the molecule is Cc1ccc(-c2nc3c(s2)-c2ccc(C4CCC(N)C4)cc2CC3)cc1. The average Bonchev–Trinajstić information content (AvgIpc) is 3.28. The number of benzene rings is 2. The molecular weight excluding hydrogens is 336 g/mol. The molecule has 0 radical (unpaired) electrons. The fourth-order valence-corrected chi connectivity index (χ4v) is 5.60. The highest BCUT2D eigenvalue weighted by molar-refractivity contribution is 7.18. The van der Waals surface area contributed by atoms with Gasteiger partial charge >= 0.3 is 0 Å². The van der Waals surface area contributed by atoms with Crippen molar-refractivity contribution in [3.05, 3.63) is 64.8 Å². The first kappa shape index (κ1) is 16.2. The summed E-state index contributed by atoms with van der Waals surface area (Å²) >= 11 is 1.84. The van der Waals surface area contributed by atoms with Gasteiger partial charge < -0.3 is 5.73 Å². The lowest BCUT2D eigenvalue weighted by molar-refractivity contribution is 0.674. The summed E-state index contributed by atoms with van der Waals surface area (Å²) in [4.78, 5) is 6.33. The first-order valence-corrected chi connectivity index (χ1v) is 10.4. The van der Waals surface area contributed by atoms with Crippen LogP contribution in [0.3, 0.4) is 0 Å². The van der Waals surface area contributed by atoms with Gasteiger partial charge in [0, 0.05) is 11.6 Å². The summed E-state index contributed by atoms with van der Waals surface area (Å²) in [6.07, 6.45) is 5.70. The molecule has 0 spiro atoms. The van der Waals surface area contributed by atoms with Gasteiger partial charge in [0.15, 0.2) is 0 Å². The molecule has 132 valence electrons. The first-order valence-electron chi connectivity index (χ1n) is 9.63. The Labute approximate surface area is 159 Å². The van der Waals surface area contributed by atoms with Crippen molar-refractivity contribution in [1.29, 1.82) is 0 Å². The molecule has 1 saturated carbocycles. The summed E-state index contributed by atoms with van der Waals surface area (Å²) < 4.78 is 0. The largest absolute Gasteiger partial charge is 0.328 e. The van der Waals surface area contributed by atoms with E-state index in [1.807, 2.05) is 11.3 Å². The molecule has 26 heavy (non-hydrogen) atoms. The summed E-state index contributed by atoms with van der Waals surface area (Å²) in [5.41, 5.74) is 14.3. The van der Waals surface area contributed by atoms with Crippen molar-refractivity contribution in [1.82, 2.24) is 4.98 Å². The zero-order chi connectivity index (χ0) is 17.7. The Balaban J connectivity index is 1.50. The number of aryl methyl sites for hydroxylation is 3. The van der Waals surface area contributed by atoms with Crippen molar-refractivity contribution in [2.75, 3.05) is 0 Å². The van der Waals surface area contributed by atoms with Crippen LogP contribution in [0.2, 0.25) is 0 Å². The predicted molar refractivity (Wildman–Crippen MR) is 110 cm³/mol. The third kappa shape index (κ3) is 2.80. The molecule has 2 aliphatic rings. The van der Waals surface area contributed by atoms with Crippen molar-refractivity contribution in [3.63, 3.8) is 0 Å². The second-order valence-corrected chi connectivity index (χ2v) is 8.85. The van der Waals surface area contributed by atoms with Crippen LogP contribution in [0.25, 0.3) is 21.0 Å². The zero-order valence-electron chi connectivity index (χ0n) is 15.2. The van der Waals surface area contributed by atoms with Gasteiger partial charge in [-0.3, -0.25) is 0 Å². The Hall–Kier alpha value is -1.97. The van der Waals surface area contributed by atoms with Crippen LogP contribution in [0, 0.1) is 6.92 Å². The number of nitrogens with two attached hydrogens (primary N) is 1. The Bertz CT molecular complexity index is 955. The molecule has 2 unspecified atom stereocenters. The molecule has 0 amide bonds. The van der Waals surface area contributed by atoms with Crippen LogP contribution in [0.1, 0.15) is 47.6 Å². The average molecular weight is 361 g/mol. The molecule has 1 heterocycles. The van der Waals surface area contributed by atoms with Crippen molar-refractivity contribution in [2.24, 2.45) is 5.73 Å². The Morgan fingerprint density at radius 3 is 2.65 bits per heavy atom. The zero-order valence-corrected chi connectivity index (χ0v) is 16.0. The minimum atomic E-state index is 0.390. The van der Waals surface area contributed by atoms with Gasteiger partial charge in [0.1, 0.15) is 5.01 Å². The summed E-state index contributed by atoms with van der Waals surface area (Å²) in [6.45, 7) is 2.13. The van der Waals surface area contributed by atoms with Gasteiger partial charge in [-0.2, -0.15) is 0 Å². The second-order valence-electron chi connectivity index (χ2n) is 7.85. The standard InChI is InChI=1S/C23H24N2S/c1-14-2-4-15(5-3-14)23-25-21-11-8-18-12-16(17-6-9-19(24)13-17)7-10-20(18)22(21)26-23/h2-5,7,10,12,17,19H,6,8-9,11,13,24H2,1H3. The number of thiazole rings is 1. The maximum Gasteiger partial charge on any atom is 0.124 e. The van der Waals surface area contributed by atoms with Crippen LogP contribution in [-0.2, 0) is 12.8 Å². The molecule has 1 aromatic heterocycles. The highest BCUT2D eigenvalue weighted by atomic mass is 32.1. The Morgan fingerprint density at radius 1 is 1.04 bits per heavy atom. The van der Waals surface area contributed by atoms with E-state index >= 15 is 0 Å². The molecule has 2 nitrogen and oxygen atoms in total. The molecule has 0 aliphatic heterocycles. The van der Waals surface area contributed by atoms with Crippen LogP contribution in [-0.4, -0.2) is 11.0 Å². The molecule has 3 heteroatoms.